The second kappa shape index (κ2) is 5.59. The molecule has 19 heavy (non-hydrogen) atoms. The van der Waals surface area contributed by atoms with Gasteiger partial charge < -0.3 is 5.73 Å². The molecular weight excluding hydrogens is 286 g/mol. The van der Waals surface area contributed by atoms with E-state index in [0.717, 1.165) is 16.3 Å². The molecule has 2 rings (SSSR count). The van der Waals surface area contributed by atoms with Crippen LogP contribution in [0.25, 0.3) is 0 Å². The number of sulfonamides is 1. The molecule has 0 saturated heterocycles. The fourth-order valence-corrected chi connectivity index (χ4v) is 3.07. The van der Waals surface area contributed by atoms with Crippen LogP contribution in [-0.2, 0) is 23.0 Å². The second-order valence-electron chi connectivity index (χ2n) is 3.68. The minimum atomic E-state index is -3.64. The first-order chi connectivity index (χ1) is 9.01. The molecule has 0 saturated carbocycles. The average molecular weight is 299 g/mol. The summed E-state index contributed by atoms with van der Waals surface area (Å²) in [5.74, 6) is 0.0338. The second-order valence-corrected chi connectivity index (χ2v) is 6.64. The van der Waals surface area contributed by atoms with Crippen LogP contribution in [-0.4, -0.2) is 23.4 Å². The largest absolute Gasteiger partial charge is 0.368 e. The number of aromatic nitrogens is 3. The molecule has 9 heteroatoms. The molecule has 102 valence electrons. The van der Waals surface area contributed by atoms with Crippen molar-refractivity contribution in [2.45, 2.75) is 24.8 Å². The number of rotatable bonds is 5. The van der Waals surface area contributed by atoms with Gasteiger partial charge in [-0.25, -0.2) is 28.1 Å². The molecule has 3 N–H and O–H groups in total. The summed E-state index contributed by atoms with van der Waals surface area (Å²) in [5, 5.41) is 0.719. The Morgan fingerprint density at radius 3 is 2.53 bits per heavy atom. The Labute approximate surface area is 115 Å². The standard InChI is InChI=1S/C10H13N5O2S2/c1-2-7-3-12-9(18-7)6-15-19(16,17)8-4-13-10(11)14-5-8/h3-5,15H,2,6H2,1H3,(H2,11,13,14). The zero-order valence-corrected chi connectivity index (χ0v) is 11.8. The zero-order chi connectivity index (χ0) is 13.9. The molecule has 0 radical (unpaired) electrons. The smallest absolute Gasteiger partial charge is 0.244 e. The van der Waals surface area contributed by atoms with Crippen molar-refractivity contribution in [3.05, 3.63) is 28.5 Å². The molecule has 0 amide bonds. The topological polar surface area (TPSA) is 111 Å². The number of nitrogen functional groups attached to an aromatic ring is 1. The molecule has 0 atom stereocenters. The molecule has 0 aromatic carbocycles. The van der Waals surface area contributed by atoms with E-state index in [9.17, 15) is 8.42 Å². The summed E-state index contributed by atoms with van der Waals surface area (Å²) >= 11 is 1.48. The van der Waals surface area contributed by atoms with Crippen molar-refractivity contribution in [1.82, 2.24) is 19.7 Å². The maximum absolute atomic E-state index is 11.9. The van der Waals surface area contributed by atoms with Gasteiger partial charge in [0.1, 0.15) is 9.90 Å². The third kappa shape index (κ3) is 3.46. The summed E-state index contributed by atoms with van der Waals surface area (Å²) in [5.41, 5.74) is 5.31. The van der Waals surface area contributed by atoms with Gasteiger partial charge in [-0.2, -0.15) is 0 Å². The first kappa shape index (κ1) is 13.8. The van der Waals surface area contributed by atoms with Gasteiger partial charge >= 0.3 is 0 Å². The lowest BCUT2D eigenvalue weighted by molar-refractivity contribution is 0.580. The number of nitrogens with zero attached hydrogens (tertiary/aromatic N) is 3. The molecule has 0 aliphatic rings. The van der Waals surface area contributed by atoms with Gasteiger partial charge in [0, 0.05) is 11.1 Å². The first-order valence-electron chi connectivity index (χ1n) is 5.52. The Hall–Kier alpha value is -1.58. The van der Waals surface area contributed by atoms with Crippen molar-refractivity contribution in [2.75, 3.05) is 5.73 Å². The third-order valence-corrected chi connectivity index (χ3v) is 4.82. The van der Waals surface area contributed by atoms with Crippen molar-refractivity contribution in [2.24, 2.45) is 0 Å². The van der Waals surface area contributed by atoms with Crippen molar-refractivity contribution in [3.8, 4) is 0 Å². The molecule has 7 nitrogen and oxygen atoms in total. The Morgan fingerprint density at radius 2 is 1.95 bits per heavy atom. The van der Waals surface area contributed by atoms with E-state index in [-0.39, 0.29) is 17.4 Å². The minimum Gasteiger partial charge on any atom is -0.368 e. The van der Waals surface area contributed by atoms with Crippen LogP contribution in [0.1, 0.15) is 16.8 Å². The van der Waals surface area contributed by atoms with Gasteiger partial charge in [-0.05, 0) is 6.42 Å². The van der Waals surface area contributed by atoms with E-state index in [1.165, 1.54) is 23.7 Å². The molecule has 0 unspecified atom stereocenters. The molecule has 2 aromatic rings. The summed E-state index contributed by atoms with van der Waals surface area (Å²) in [6.45, 7) is 2.17. The van der Waals surface area contributed by atoms with E-state index in [4.69, 9.17) is 5.73 Å². The number of nitrogens with one attached hydrogen (secondary N) is 1. The minimum absolute atomic E-state index is 0.0195. The highest BCUT2D eigenvalue weighted by Crippen LogP contribution is 2.14. The summed E-state index contributed by atoms with van der Waals surface area (Å²) in [6.07, 6.45) is 4.98. The number of nitrogens with two attached hydrogens (primary N) is 1. The molecule has 0 bridgehead atoms. The summed E-state index contributed by atoms with van der Waals surface area (Å²) in [7, 11) is -3.64. The fourth-order valence-electron chi connectivity index (χ4n) is 1.30. The van der Waals surface area contributed by atoms with Crippen LogP contribution >= 0.6 is 11.3 Å². The SMILES string of the molecule is CCc1cnc(CNS(=O)(=O)c2cnc(N)nc2)s1. The van der Waals surface area contributed by atoms with E-state index < -0.39 is 10.0 Å². The van der Waals surface area contributed by atoms with Gasteiger partial charge in [0.2, 0.25) is 16.0 Å². The zero-order valence-electron chi connectivity index (χ0n) is 10.2. The number of aryl methyl sites for hydroxylation is 1. The van der Waals surface area contributed by atoms with E-state index >= 15 is 0 Å². The van der Waals surface area contributed by atoms with Gasteiger partial charge in [0.15, 0.2) is 0 Å². The third-order valence-electron chi connectivity index (χ3n) is 2.32. The fraction of sp³-hybridized carbons (Fsp3) is 0.300. The lowest BCUT2D eigenvalue weighted by Gasteiger charge is -2.04. The average Bonchev–Trinajstić information content (AvgIpc) is 2.85. The summed E-state index contributed by atoms with van der Waals surface area (Å²) < 4.78 is 26.3. The molecule has 0 fully saturated rings. The van der Waals surface area contributed by atoms with E-state index in [2.05, 4.69) is 19.7 Å². The van der Waals surface area contributed by atoms with Crippen molar-refractivity contribution in [3.63, 3.8) is 0 Å². The Bertz CT molecular complexity index is 651. The predicted molar refractivity (Wildman–Crippen MR) is 72.0 cm³/mol. The quantitative estimate of drug-likeness (QED) is 0.834. The Kier molecular flexibility index (Phi) is 4.08. The predicted octanol–water partition coefficient (Wildman–Crippen LogP) is 0.556. The highest BCUT2D eigenvalue weighted by Gasteiger charge is 2.15. The lowest BCUT2D eigenvalue weighted by Crippen LogP contribution is -2.23. The molecule has 2 aromatic heterocycles. The van der Waals surface area contributed by atoms with Crippen LogP contribution in [0, 0.1) is 0 Å². The Morgan fingerprint density at radius 1 is 1.26 bits per heavy atom. The van der Waals surface area contributed by atoms with Crippen LogP contribution in [0.15, 0.2) is 23.5 Å². The van der Waals surface area contributed by atoms with Gasteiger partial charge in [0.25, 0.3) is 0 Å². The van der Waals surface area contributed by atoms with Crippen LogP contribution in [0.2, 0.25) is 0 Å². The van der Waals surface area contributed by atoms with Crippen molar-refractivity contribution in [1.29, 1.82) is 0 Å². The number of anilines is 1. The molecule has 0 aliphatic carbocycles. The van der Waals surface area contributed by atoms with Crippen molar-refractivity contribution < 1.29 is 8.42 Å². The van der Waals surface area contributed by atoms with Crippen molar-refractivity contribution >= 4 is 27.3 Å². The van der Waals surface area contributed by atoms with E-state index in [1.54, 1.807) is 6.20 Å². The molecular formula is C10H13N5O2S2. The highest BCUT2D eigenvalue weighted by molar-refractivity contribution is 7.89. The summed E-state index contributed by atoms with van der Waals surface area (Å²) in [4.78, 5) is 12.5. The maximum atomic E-state index is 11.9. The molecule has 0 spiro atoms. The van der Waals surface area contributed by atoms with Gasteiger partial charge in [-0.15, -0.1) is 11.3 Å². The maximum Gasteiger partial charge on any atom is 0.244 e. The van der Waals surface area contributed by atoms with Gasteiger partial charge in [-0.1, -0.05) is 6.92 Å². The number of hydrogen-bond donors (Lipinski definition) is 2. The highest BCUT2D eigenvalue weighted by atomic mass is 32.2. The lowest BCUT2D eigenvalue weighted by atomic mass is 10.4. The van der Waals surface area contributed by atoms with Gasteiger partial charge in [-0.3, -0.25) is 0 Å². The van der Waals surface area contributed by atoms with Crippen LogP contribution in [0.5, 0.6) is 0 Å². The van der Waals surface area contributed by atoms with Crippen LogP contribution in [0.3, 0.4) is 0 Å². The normalized spacial score (nSPS) is 11.6. The number of hydrogen-bond acceptors (Lipinski definition) is 7. The van der Waals surface area contributed by atoms with E-state index in [0.29, 0.717) is 0 Å². The summed E-state index contributed by atoms with van der Waals surface area (Å²) in [6, 6.07) is 0. The molecule has 2 heterocycles. The van der Waals surface area contributed by atoms with E-state index in [1.807, 2.05) is 6.92 Å². The molecule has 0 aliphatic heterocycles. The van der Waals surface area contributed by atoms with Gasteiger partial charge in [0.05, 0.1) is 18.9 Å². The first-order valence-corrected chi connectivity index (χ1v) is 7.82. The van der Waals surface area contributed by atoms with Crippen LogP contribution in [0.4, 0.5) is 5.95 Å². The monoisotopic (exact) mass is 299 g/mol. The number of thiazole rings is 1. The van der Waals surface area contributed by atoms with Crippen LogP contribution < -0.4 is 10.5 Å². The Balaban J connectivity index is 2.07.